The first-order valence-electron chi connectivity index (χ1n) is 7.19. The summed E-state index contributed by atoms with van der Waals surface area (Å²) in [7, 11) is -3.88. The van der Waals surface area contributed by atoms with Gasteiger partial charge in [0.1, 0.15) is 5.56 Å². The van der Waals surface area contributed by atoms with Crippen LogP contribution >= 0.6 is 0 Å². The lowest BCUT2D eigenvalue weighted by Crippen LogP contribution is -2.44. The molecule has 118 valence electrons. The van der Waals surface area contributed by atoms with Crippen molar-refractivity contribution in [2.45, 2.75) is 57.0 Å². The second kappa shape index (κ2) is 6.15. The molecule has 2 rings (SSSR count). The summed E-state index contributed by atoms with van der Waals surface area (Å²) >= 11 is 0. The molecule has 1 aliphatic heterocycles. The molecule has 0 aromatic carbocycles. The number of aromatic amines is 1. The molecule has 2 N–H and O–H groups in total. The molecular weight excluding hydrogens is 294 g/mol. The zero-order valence-corrected chi connectivity index (χ0v) is 13.1. The zero-order chi connectivity index (χ0) is 15.6. The van der Waals surface area contributed by atoms with Crippen molar-refractivity contribution < 1.29 is 18.3 Å². The van der Waals surface area contributed by atoms with Crippen LogP contribution in [0.1, 0.15) is 55.1 Å². The maximum Gasteiger partial charge on any atom is 0.340 e. The van der Waals surface area contributed by atoms with Gasteiger partial charge < -0.3 is 5.11 Å². The molecule has 0 radical (unpaired) electrons. The van der Waals surface area contributed by atoms with Crippen LogP contribution < -0.4 is 0 Å². The number of rotatable bonds is 5. The Morgan fingerprint density at radius 3 is 2.81 bits per heavy atom. The molecule has 1 atom stereocenters. The molecule has 0 amide bonds. The first kappa shape index (κ1) is 16.0. The summed E-state index contributed by atoms with van der Waals surface area (Å²) in [5.41, 5.74) is 0.000878. The van der Waals surface area contributed by atoms with Gasteiger partial charge in [-0.05, 0) is 26.2 Å². The second-order valence-corrected chi connectivity index (χ2v) is 7.19. The number of nitrogens with zero attached hydrogens (tertiary/aromatic N) is 2. The van der Waals surface area contributed by atoms with Gasteiger partial charge in [-0.1, -0.05) is 19.8 Å². The third-order valence-corrected chi connectivity index (χ3v) is 5.76. The lowest BCUT2D eigenvalue weighted by atomic mass is 10.0. The Morgan fingerprint density at radius 1 is 1.48 bits per heavy atom. The van der Waals surface area contributed by atoms with Gasteiger partial charge in [-0.15, -0.1) is 0 Å². The molecule has 1 unspecified atom stereocenters. The van der Waals surface area contributed by atoms with Crippen molar-refractivity contribution in [3.05, 3.63) is 11.3 Å². The smallest absolute Gasteiger partial charge is 0.340 e. The first-order valence-corrected chi connectivity index (χ1v) is 8.63. The van der Waals surface area contributed by atoms with Crippen molar-refractivity contribution in [1.82, 2.24) is 14.5 Å². The van der Waals surface area contributed by atoms with Crippen molar-refractivity contribution in [1.29, 1.82) is 0 Å². The minimum atomic E-state index is -3.88. The number of hydrogen-bond donors (Lipinski definition) is 2. The molecule has 1 aromatic heterocycles. The number of piperidine rings is 1. The molecule has 8 heteroatoms. The highest BCUT2D eigenvalue weighted by Crippen LogP contribution is 2.29. The maximum atomic E-state index is 12.8. The monoisotopic (exact) mass is 315 g/mol. The average molecular weight is 315 g/mol. The van der Waals surface area contributed by atoms with E-state index in [1.165, 1.54) is 11.2 Å². The number of hydrogen-bond acceptors (Lipinski definition) is 4. The van der Waals surface area contributed by atoms with Crippen LogP contribution in [0, 0.1) is 6.92 Å². The van der Waals surface area contributed by atoms with Gasteiger partial charge in [0.05, 0.1) is 0 Å². The number of nitrogens with one attached hydrogen (secondary N) is 1. The van der Waals surface area contributed by atoms with E-state index in [1.807, 2.05) is 6.92 Å². The second-order valence-electron chi connectivity index (χ2n) is 5.39. The van der Waals surface area contributed by atoms with E-state index in [9.17, 15) is 18.3 Å². The fraction of sp³-hybridized carbons (Fsp3) is 0.692. The summed E-state index contributed by atoms with van der Waals surface area (Å²) in [5.74, 6) is -1.27. The van der Waals surface area contributed by atoms with E-state index in [2.05, 4.69) is 10.2 Å². The SMILES string of the molecule is CCCC1CCCCN1S(=O)(=O)c1n[nH]c(C)c1C(=O)O. The number of carbonyl (C=O) groups is 1. The molecule has 7 nitrogen and oxygen atoms in total. The van der Waals surface area contributed by atoms with Crippen LogP contribution in [0.25, 0.3) is 0 Å². The number of carboxylic acid groups (broad SMARTS) is 1. The number of aryl methyl sites for hydroxylation is 1. The summed E-state index contributed by atoms with van der Waals surface area (Å²) in [5, 5.41) is 15.1. The average Bonchev–Trinajstić information content (AvgIpc) is 2.82. The molecule has 1 saturated heterocycles. The van der Waals surface area contributed by atoms with Crippen molar-refractivity contribution in [2.75, 3.05) is 6.54 Å². The van der Waals surface area contributed by atoms with Crippen molar-refractivity contribution in [3.63, 3.8) is 0 Å². The molecule has 21 heavy (non-hydrogen) atoms. The number of carboxylic acids is 1. The van der Waals surface area contributed by atoms with E-state index in [1.54, 1.807) is 0 Å². The van der Waals surface area contributed by atoms with E-state index >= 15 is 0 Å². The van der Waals surface area contributed by atoms with Crippen molar-refractivity contribution in [3.8, 4) is 0 Å². The number of sulfonamides is 1. The van der Waals surface area contributed by atoms with E-state index in [0.717, 1.165) is 32.1 Å². The van der Waals surface area contributed by atoms with Gasteiger partial charge in [0.15, 0.2) is 0 Å². The molecule has 1 fully saturated rings. The third kappa shape index (κ3) is 2.96. The first-order chi connectivity index (χ1) is 9.89. The zero-order valence-electron chi connectivity index (χ0n) is 12.3. The van der Waals surface area contributed by atoms with Gasteiger partial charge in [-0.3, -0.25) is 5.10 Å². The molecule has 1 aromatic rings. The maximum absolute atomic E-state index is 12.8. The number of aromatic nitrogens is 2. The Balaban J connectivity index is 2.43. The Bertz CT molecular complexity index is 621. The Morgan fingerprint density at radius 2 is 2.19 bits per heavy atom. The van der Waals surface area contributed by atoms with Crippen LogP contribution in [-0.4, -0.2) is 46.6 Å². The van der Waals surface area contributed by atoms with E-state index < -0.39 is 16.0 Å². The summed E-state index contributed by atoms with van der Waals surface area (Å²) in [6.07, 6.45) is 4.29. The van der Waals surface area contributed by atoms with Crippen LogP contribution in [0.3, 0.4) is 0 Å². The molecule has 0 aliphatic carbocycles. The lowest BCUT2D eigenvalue weighted by Gasteiger charge is -2.34. The van der Waals surface area contributed by atoms with Gasteiger partial charge in [-0.25, -0.2) is 13.2 Å². The summed E-state index contributed by atoms with van der Waals surface area (Å²) < 4.78 is 27.0. The summed E-state index contributed by atoms with van der Waals surface area (Å²) in [6, 6.07) is -0.0626. The highest BCUT2D eigenvalue weighted by Gasteiger charge is 2.37. The van der Waals surface area contributed by atoms with E-state index in [4.69, 9.17) is 0 Å². The third-order valence-electron chi connectivity index (χ3n) is 3.88. The molecule has 0 saturated carbocycles. The Kier molecular flexibility index (Phi) is 4.67. The largest absolute Gasteiger partial charge is 0.478 e. The molecule has 0 bridgehead atoms. The minimum absolute atomic E-state index is 0.0626. The lowest BCUT2D eigenvalue weighted by molar-refractivity contribution is 0.0691. The Hall–Kier alpha value is -1.41. The van der Waals surface area contributed by atoms with Gasteiger partial charge in [-0.2, -0.15) is 9.40 Å². The van der Waals surface area contributed by atoms with E-state index in [0.29, 0.717) is 6.54 Å². The molecule has 2 heterocycles. The van der Waals surface area contributed by atoms with Crippen LogP contribution in [0.2, 0.25) is 0 Å². The van der Waals surface area contributed by atoms with Crippen LogP contribution in [-0.2, 0) is 10.0 Å². The van der Waals surface area contributed by atoms with Gasteiger partial charge >= 0.3 is 5.97 Å². The van der Waals surface area contributed by atoms with Crippen LogP contribution in [0.15, 0.2) is 5.03 Å². The predicted octanol–water partition coefficient (Wildman–Crippen LogP) is 1.76. The number of aromatic carboxylic acids is 1. The van der Waals surface area contributed by atoms with Gasteiger partial charge in [0.25, 0.3) is 10.0 Å². The van der Waals surface area contributed by atoms with Crippen LogP contribution in [0.5, 0.6) is 0 Å². The molecule has 0 spiro atoms. The minimum Gasteiger partial charge on any atom is -0.478 e. The topological polar surface area (TPSA) is 103 Å². The number of H-pyrrole nitrogens is 1. The molecule has 1 aliphatic rings. The summed E-state index contributed by atoms with van der Waals surface area (Å²) in [4.78, 5) is 11.3. The molecular formula is C13H21N3O4S. The highest BCUT2D eigenvalue weighted by atomic mass is 32.2. The van der Waals surface area contributed by atoms with Gasteiger partial charge in [0.2, 0.25) is 5.03 Å². The predicted molar refractivity (Wildman–Crippen MR) is 76.7 cm³/mol. The van der Waals surface area contributed by atoms with E-state index in [-0.39, 0.29) is 22.3 Å². The van der Waals surface area contributed by atoms with Crippen LogP contribution in [0.4, 0.5) is 0 Å². The quantitative estimate of drug-likeness (QED) is 0.861. The van der Waals surface area contributed by atoms with Crippen molar-refractivity contribution >= 4 is 16.0 Å². The summed E-state index contributed by atoms with van der Waals surface area (Å²) in [6.45, 7) is 3.95. The van der Waals surface area contributed by atoms with Gasteiger partial charge in [0, 0.05) is 18.3 Å². The fourth-order valence-corrected chi connectivity index (χ4v) is 4.72. The normalized spacial score (nSPS) is 20.6. The Labute approximate surface area is 124 Å². The highest BCUT2D eigenvalue weighted by molar-refractivity contribution is 7.89. The fourth-order valence-electron chi connectivity index (χ4n) is 2.87. The standard InChI is InChI=1S/C13H21N3O4S/c1-3-6-10-7-4-5-8-16(10)21(19,20)12-11(13(17)18)9(2)14-15-12/h10H,3-8H2,1-2H3,(H,14,15)(H,17,18). The van der Waals surface area contributed by atoms with Crippen molar-refractivity contribution in [2.24, 2.45) is 0 Å².